The highest BCUT2D eigenvalue weighted by Crippen LogP contribution is 2.19. The van der Waals surface area contributed by atoms with Crippen LogP contribution < -0.4 is 9.47 Å². The highest BCUT2D eigenvalue weighted by molar-refractivity contribution is 5.80. The topological polar surface area (TPSA) is 79.8 Å². The maximum Gasteiger partial charge on any atom is 0.191 e. The van der Waals surface area contributed by atoms with Crippen molar-refractivity contribution in [2.45, 2.75) is 6.29 Å². The van der Waals surface area contributed by atoms with Crippen molar-refractivity contribution in [2.24, 2.45) is 0 Å². The zero-order chi connectivity index (χ0) is 21.9. The van der Waals surface area contributed by atoms with E-state index in [-0.39, 0.29) is 12.9 Å². The van der Waals surface area contributed by atoms with E-state index in [0.717, 1.165) is 33.8 Å². The van der Waals surface area contributed by atoms with Crippen molar-refractivity contribution in [3.05, 3.63) is 73.1 Å². The fourth-order valence-electron chi connectivity index (χ4n) is 2.81. The summed E-state index contributed by atoms with van der Waals surface area (Å²) in [6.45, 7) is 0.449. The first kappa shape index (κ1) is 22.1. The monoisotopic (exact) mass is 420 g/mol. The Bertz CT molecular complexity index is 1120. The molecule has 160 valence electrons. The third kappa shape index (κ3) is 6.47. The van der Waals surface area contributed by atoms with E-state index in [1.54, 1.807) is 32.7 Å². The summed E-state index contributed by atoms with van der Waals surface area (Å²) in [6.07, 6.45) is 3.90. The van der Waals surface area contributed by atoms with Crippen molar-refractivity contribution in [1.82, 2.24) is 9.97 Å². The van der Waals surface area contributed by atoms with Crippen molar-refractivity contribution >= 4 is 28.1 Å². The standard InChI is InChI=1S/C13H15NO3.C11H9NO2/c1-15-13(16-2)9-17-11-5-6-12-10(8-11)4-3-7-14-12;13-6-7-14-10-3-4-11-9(8-10)2-1-5-12-11/h3-8,13H,9H2,1-2H3;1-6,8H,7H2. The molecule has 2 aromatic heterocycles. The molecule has 0 amide bonds. The van der Waals surface area contributed by atoms with Crippen LogP contribution in [0.4, 0.5) is 0 Å². The van der Waals surface area contributed by atoms with Gasteiger partial charge in [0.05, 0.1) is 11.0 Å². The molecular formula is C24H24N2O5. The number of nitrogens with zero attached hydrogens (tertiary/aromatic N) is 2. The van der Waals surface area contributed by atoms with Gasteiger partial charge in [0.25, 0.3) is 0 Å². The minimum atomic E-state index is -0.348. The van der Waals surface area contributed by atoms with Crippen LogP contribution in [0.1, 0.15) is 0 Å². The van der Waals surface area contributed by atoms with Gasteiger partial charge in [0.2, 0.25) is 0 Å². The van der Waals surface area contributed by atoms with E-state index >= 15 is 0 Å². The van der Waals surface area contributed by atoms with Crippen molar-refractivity contribution in [2.75, 3.05) is 27.4 Å². The Morgan fingerprint density at radius 3 is 1.87 bits per heavy atom. The summed E-state index contributed by atoms with van der Waals surface area (Å²) in [4.78, 5) is 18.5. The molecule has 0 N–H and O–H groups in total. The molecule has 4 aromatic rings. The molecule has 31 heavy (non-hydrogen) atoms. The molecule has 2 heterocycles. The van der Waals surface area contributed by atoms with E-state index in [1.807, 2.05) is 54.6 Å². The molecule has 0 radical (unpaired) electrons. The predicted molar refractivity (Wildman–Crippen MR) is 118 cm³/mol. The predicted octanol–water partition coefficient (Wildman–Crippen LogP) is 4.05. The lowest BCUT2D eigenvalue weighted by Crippen LogP contribution is -2.21. The lowest BCUT2D eigenvalue weighted by molar-refractivity contribution is -0.121. The number of pyridine rings is 2. The van der Waals surface area contributed by atoms with Crippen LogP contribution in [0, 0.1) is 0 Å². The number of ether oxygens (including phenoxy) is 4. The van der Waals surface area contributed by atoms with Gasteiger partial charge >= 0.3 is 0 Å². The highest BCUT2D eigenvalue weighted by atomic mass is 16.7. The van der Waals surface area contributed by atoms with E-state index in [0.29, 0.717) is 12.4 Å². The second kappa shape index (κ2) is 11.6. The second-order valence-electron chi connectivity index (χ2n) is 6.41. The molecule has 0 aliphatic rings. The van der Waals surface area contributed by atoms with Gasteiger partial charge in [-0.2, -0.15) is 0 Å². The third-order valence-corrected chi connectivity index (χ3v) is 4.38. The fourth-order valence-corrected chi connectivity index (χ4v) is 2.81. The van der Waals surface area contributed by atoms with E-state index in [4.69, 9.17) is 18.9 Å². The first-order valence-corrected chi connectivity index (χ1v) is 9.68. The van der Waals surface area contributed by atoms with Crippen LogP contribution in [0.3, 0.4) is 0 Å². The minimum absolute atomic E-state index is 0.0891. The number of carbonyl (C=O) groups excluding carboxylic acids is 1. The van der Waals surface area contributed by atoms with Crippen molar-refractivity contribution in [3.8, 4) is 11.5 Å². The summed E-state index contributed by atoms with van der Waals surface area (Å²) in [5.74, 6) is 1.47. The molecule has 7 heteroatoms. The molecule has 0 spiro atoms. The largest absolute Gasteiger partial charge is 0.488 e. The third-order valence-electron chi connectivity index (χ3n) is 4.38. The molecule has 0 saturated heterocycles. The van der Waals surface area contributed by atoms with E-state index < -0.39 is 0 Å². The number of benzene rings is 2. The van der Waals surface area contributed by atoms with Crippen LogP contribution in [0.5, 0.6) is 11.5 Å². The second-order valence-corrected chi connectivity index (χ2v) is 6.41. The SMILES string of the molecule is COC(COc1ccc2ncccc2c1)OC.O=CCOc1ccc2ncccc2c1. The van der Waals surface area contributed by atoms with Crippen molar-refractivity contribution in [1.29, 1.82) is 0 Å². The minimum Gasteiger partial charge on any atom is -0.488 e. The zero-order valence-corrected chi connectivity index (χ0v) is 17.4. The molecule has 7 nitrogen and oxygen atoms in total. The number of methoxy groups -OCH3 is 2. The maximum absolute atomic E-state index is 10.1. The smallest absolute Gasteiger partial charge is 0.191 e. The van der Waals surface area contributed by atoms with E-state index in [2.05, 4.69) is 9.97 Å². The number of rotatable bonds is 8. The van der Waals surface area contributed by atoms with Gasteiger partial charge in [-0.1, -0.05) is 12.1 Å². The number of hydrogen-bond donors (Lipinski definition) is 0. The molecule has 2 aromatic carbocycles. The van der Waals surface area contributed by atoms with Crippen LogP contribution in [0.15, 0.2) is 73.1 Å². The fraction of sp³-hybridized carbons (Fsp3) is 0.208. The summed E-state index contributed by atoms with van der Waals surface area (Å²) in [5, 5.41) is 2.06. The number of fused-ring (bicyclic) bond motifs is 2. The van der Waals surface area contributed by atoms with Gasteiger partial charge in [-0.05, 0) is 48.5 Å². The Morgan fingerprint density at radius 2 is 1.35 bits per heavy atom. The molecule has 0 aliphatic carbocycles. The quantitative estimate of drug-likeness (QED) is 0.314. The Morgan fingerprint density at radius 1 is 0.806 bits per heavy atom. The molecule has 0 fully saturated rings. The normalized spacial score (nSPS) is 10.5. The Labute approximate surface area is 180 Å². The molecule has 0 bridgehead atoms. The molecular weight excluding hydrogens is 396 g/mol. The Kier molecular flexibility index (Phi) is 8.28. The van der Waals surface area contributed by atoms with Gasteiger partial charge in [-0.15, -0.1) is 0 Å². The molecule has 0 aliphatic heterocycles. The first-order valence-electron chi connectivity index (χ1n) is 9.68. The average molecular weight is 420 g/mol. The lowest BCUT2D eigenvalue weighted by atomic mass is 10.2. The Hall–Kier alpha value is -3.55. The van der Waals surface area contributed by atoms with Gasteiger partial charge in [-0.3, -0.25) is 14.8 Å². The van der Waals surface area contributed by atoms with Crippen LogP contribution in [-0.2, 0) is 14.3 Å². The lowest BCUT2D eigenvalue weighted by Gasteiger charge is -2.14. The Balaban J connectivity index is 0.000000179. The van der Waals surface area contributed by atoms with Crippen LogP contribution in [-0.4, -0.2) is 50.0 Å². The summed E-state index contributed by atoms with van der Waals surface area (Å²) in [6, 6.07) is 19.0. The van der Waals surface area contributed by atoms with E-state index in [9.17, 15) is 4.79 Å². The number of carbonyl (C=O) groups is 1. The van der Waals surface area contributed by atoms with Gasteiger partial charge in [0.1, 0.15) is 24.7 Å². The summed E-state index contributed by atoms with van der Waals surface area (Å²) in [7, 11) is 3.17. The van der Waals surface area contributed by atoms with Gasteiger partial charge in [0.15, 0.2) is 12.6 Å². The number of aromatic nitrogens is 2. The summed E-state index contributed by atoms with van der Waals surface area (Å²) < 4.78 is 20.8. The molecule has 4 rings (SSSR count). The van der Waals surface area contributed by atoms with Gasteiger partial charge < -0.3 is 18.9 Å². The van der Waals surface area contributed by atoms with Crippen LogP contribution >= 0.6 is 0 Å². The first-order chi connectivity index (χ1) is 15.2. The average Bonchev–Trinajstić information content (AvgIpc) is 2.83. The maximum atomic E-state index is 10.1. The highest BCUT2D eigenvalue weighted by Gasteiger charge is 2.06. The van der Waals surface area contributed by atoms with Crippen LogP contribution in [0.25, 0.3) is 21.8 Å². The molecule has 0 atom stereocenters. The van der Waals surface area contributed by atoms with Gasteiger partial charge in [-0.25, -0.2) is 0 Å². The summed E-state index contributed by atoms with van der Waals surface area (Å²) in [5.41, 5.74) is 1.88. The van der Waals surface area contributed by atoms with Crippen molar-refractivity contribution < 1.29 is 23.7 Å². The van der Waals surface area contributed by atoms with Gasteiger partial charge in [0, 0.05) is 37.4 Å². The van der Waals surface area contributed by atoms with Crippen molar-refractivity contribution in [3.63, 3.8) is 0 Å². The zero-order valence-electron chi connectivity index (χ0n) is 17.4. The molecule has 0 saturated carbocycles. The summed E-state index contributed by atoms with van der Waals surface area (Å²) >= 11 is 0. The number of aldehydes is 1. The van der Waals surface area contributed by atoms with E-state index in [1.165, 1.54) is 0 Å². The number of hydrogen-bond acceptors (Lipinski definition) is 7. The van der Waals surface area contributed by atoms with Crippen LogP contribution in [0.2, 0.25) is 0 Å². The molecule has 0 unspecified atom stereocenters.